The Hall–Kier alpha value is -4.37. The summed E-state index contributed by atoms with van der Waals surface area (Å²) < 4.78 is 8.81. The van der Waals surface area contributed by atoms with Crippen LogP contribution in [0.5, 0.6) is 5.88 Å². The zero-order valence-electron chi connectivity index (χ0n) is 27.2. The molecular weight excluding hydrogens is 638 g/mol. The van der Waals surface area contributed by atoms with Gasteiger partial charge in [-0.3, -0.25) is 19.1 Å². The minimum absolute atomic E-state index is 0.00264. The fourth-order valence-electron chi connectivity index (χ4n) is 6.49. The summed E-state index contributed by atoms with van der Waals surface area (Å²) in [6, 6.07) is 1.58. The molecule has 1 saturated carbocycles. The SMILES string of the molecule is CC(C)[C@H](O)C(=O)N[C@H]1CCCCCC=C[C@@H]2C[C@@]2(C(=O)O)NC(=O)[C@@H]2C[C@@H](Oc3nc(-c4ccnn4C)nc4ccsc34)CN2C1=O. The molecule has 0 radical (unpaired) electrons. The van der Waals surface area contributed by atoms with E-state index in [1.165, 1.54) is 16.2 Å². The Morgan fingerprint density at radius 3 is 2.73 bits per heavy atom. The van der Waals surface area contributed by atoms with Crippen LogP contribution in [0.15, 0.2) is 35.9 Å². The summed E-state index contributed by atoms with van der Waals surface area (Å²) in [6.07, 6.45) is 7.04. The van der Waals surface area contributed by atoms with E-state index >= 15 is 0 Å². The Balaban J connectivity index is 1.32. The third-order valence-electron chi connectivity index (χ3n) is 9.44. The number of carbonyl (C=O) groups is 4. The third-order valence-corrected chi connectivity index (χ3v) is 10.3. The smallest absolute Gasteiger partial charge is 0.330 e. The van der Waals surface area contributed by atoms with E-state index in [1.807, 2.05) is 23.6 Å². The minimum atomic E-state index is -1.45. The maximum absolute atomic E-state index is 14.3. The molecule has 6 rings (SSSR count). The molecule has 1 saturated heterocycles. The van der Waals surface area contributed by atoms with Crippen molar-refractivity contribution in [1.82, 2.24) is 35.3 Å². The van der Waals surface area contributed by atoms with Crippen LogP contribution in [0.4, 0.5) is 0 Å². The minimum Gasteiger partial charge on any atom is -0.479 e. The van der Waals surface area contributed by atoms with Gasteiger partial charge in [0.1, 0.15) is 40.2 Å². The van der Waals surface area contributed by atoms with Crippen LogP contribution in [0.3, 0.4) is 0 Å². The molecule has 0 aromatic carbocycles. The van der Waals surface area contributed by atoms with Crippen molar-refractivity contribution in [3.8, 4) is 17.4 Å². The molecule has 3 aromatic rings. The van der Waals surface area contributed by atoms with Gasteiger partial charge in [0.15, 0.2) is 5.82 Å². The second-order valence-electron chi connectivity index (χ2n) is 13.2. The summed E-state index contributed by atoms with van der Waals surface area (Å²) in [4.78, 5) is 64.4. The lowest BCUT2D eigenvalue weighted by Crippen LogP contribution is -2.57. The van der Waals surface area contributed by atoms with Crippen molar-refractivity contribution in [1.29, 1.82) is 0 Å². The summed E-state index contributed by atoms with van der Waals surface area (Å²) in [5.74, 6) is -2.91. The molecule has 3 aromatic heterocycles. The number of allylic oxidation sites excluding steroid dienone is 1. The van der Waals surface area contributed by atoms with E-state index in [0.717, 1.165) is 19.3 Å². The number of hydrogen-bond acceptors (Lipinski definition) is 10. The van der Waals surface area contributed by atoms with E-state index in [-0.39, 0.29) is 31.2 Å². The van der Waals surface area contributed by atoms with Gasteiger partial charge in [-0.2, -0.15) is 10.1 Å². The topological polar surface area (TPSA) is 189 Å². The summed E-state index contributed by atoms with van der Waals surface area (Å²) in [7, 11) is 1.78. The molecule has 15 heteroatoms. The number of aliphatic hydroxyl groups excluding tert-OH is 1. The van der Waals surface area contributed by atoms with Gasteiger partial charge in [0, 0.05) is 25.6 Å². The van der Waals surface area contributed by atoms with Crippen molar-refractivity contribution >= 4 is 45.2 Å². The third kappa shape index (κ3) is 6.65. The van der Waals surface area contributed by atoms with Gasteiger partial charge < -0.3 is 30.5 Å². The number of rotatable bonds is 7. The number of carboxylic acid groups (broad SMARTS) is 1. The number of nitrogens with one attached hydrogen (secondary N) is 2. The van der Waals surface area contributed by atoms with Gasteiger partial charge in [0.2, 0.25) is 23.6 Å². The quantitative estimate of drug-likeness (QED) is 0.270. The lowest BCUT2D eigenvalue weighted by molar-refractivity contribution is -0.146. The monoisotopic (exact) mass is 679 g/mol. The lowest BCUT2D eigenvalue weighted by Gasteiger charge is -2.30. The number of hydrogen-bond donors (Lipinski definition) is 4. The molecule has 256 valence electrons. The first-order valence-corrected chi connectivity index (χ1v) is 17.3. The number of amides is 3. The predicted molar refractivity (Wildman–Crippen MR) is 176 cm³/mol. The molecule has 48 heavy (non-hydrogen) atoms. The van der Waals surface area contributed by atoms with E-state index in [9.17, 15) is 29.4 Å². The second-order valence-corrected chi connectivity index (χ2v) is 14.1. The molecule has 2 aliphatic heterocycles. The molecule has 6 atom stereocenters. The number of fused-ring (bicyclic) bond motifs is 3. The van der Waals surface area contributed by atoms with E-state index in [0.29, 0.717) is 40.5 Å². The Morgan fingerprint density at radius 1 is 1.19 bits per heavy atom. The fourth-order valence-corrected chi connectivity index (χ4v) is 7.25. The second kappa shape index (κ2) is 13.6. The molecule has 1 aliphatic carbocycles. The van der Waals surface area contributed by atoms with Gasteiger partial charge in [-0.25, -0.2) is 9.78 Å². The number of aliphatic carboxylic acids is 1. The van der Waals surface area contributed by atoms with Gasteiger partial charge >= 0.3 is 5.97 Å². The van der Waals surface area contributed by atoms with Crippen LogP contribution in [0, 0.1) is 11.8 Å². The summed E-state index contributed by atoms with van der Waals surface area (Å²) in [5, 5.41) is 32.2. The van der Waals surface area contributed by atoms with E-state index in [2.05, 4.69) is 20.7 Å². The molecule has 0 unspecified atom stereocenters. The van der Waals surface area contributed by atoms with Crippen LogP contribution < -0.4 is 15.4 Å². The standard InChI is InChI=1S/C33H41N7O7S/c1-18(2)25(41)29(43)36-22-10-8-6-4-5-7-9-19-16-33(19,32(45)46)38-28(42)24-15-20(17-40(24)31(22)44)47-30-26-21(12-14-48-26)35-27(37-30)23-11-13-34-39(23)3/h7,9,11-14,18-20,22,24-25,41H,4-6,8,10,15-17H2,1-3H3,(H,36,43)(H,38,42)(H,45,46)/t19-,20-,22+,24+,25+,33-/m1/s1. The number of thiophene rings is 1. The molecule has 0 bridgehead atoms. The normalized spacial score (nSPS) is 27.1. The number of aliphatic hydroxyl groups is 1. The Morgan fingerprint density at radius 2 is 2.00 bits per heavy atom. The Kier molecular flexibility index (Phi) is 9.52. The first-order valence-electron chi connectivity index (χ1n) is 16.4. The molecule has 3 aliphatic rings. The first-order chi connectivity index (χ1) is 23.0. The highest BCUT2D eigenvalue weighted by molar-refractivity contribution is 7.17. The van der Waals surface area contributed by atoms with Crippen LogP contribution in [0.2, 0.25) is 0 Å². The predicted octanol–water partition coefficient (Wildman–Crippen LogP) is 2.42. The van der Waals surface area contributed by atoms with Crippen LogP contribution >= 0.6 is 11.3 Å². The average Bonchev–Trinajstić information content (AvgIpc) is 3.43. The van der Waals surface area contributed by atoms with Gasteiger partial charge in [0.25, 0.3) is 0 Å². The van der Waals surface area contributed by atoms with Crippen LogP contribution in [0.1, 0.15) is 58.8 Å². The number of carboxylic acids is 1. The first kappa shape index (κ1) is 33.5. The molecule has 14 nitrogen and oxygen atoms in total. The largest absolute Gasteiger partial charge is 0.479 e. The van der Waals surface area contributed by atoms with Gasteiger partial charge in [-0.05, 0) is 49.1 Å². The molecule has 0 spiro atoms. The van der Waals surface area contributed by atoms with E-state index in [1.54, 1.807) is 37.8 Å². The van der Waals surface area contributed by atoms with Crippen molar-refractivity contribution in [2.45, 2.75) is 88.6 Å². The summed E-state index contributed by atoms with van der Waals surface area (Å²) >= 11 is 1.40. The Bertz CT molecular complexity index is 1740. The lowest BCUT2D eigenvalue weighted by atomic mass is 10.0. The molecule has 4 N–H and O–H groups in total. The number of aryl methyl sites for hydroxylation is 1. The highest BCUT2D eigenvalue weighted by Crippen LogP contribution is 2.45. The van der Waals surface area contributed by atoms with E-state index in [4.69, 9.17) is 9.72 Å². The average molecular weight is 680 g/mol. The van der Waals surface area contributed by atoms with Crippen LogP contribution in [-0.4, -0.2) is 94.9 Å². The highest BCUT2D eigenvalue weighted by atomic mass is 32.1. The van der Waals surface area contributed by atoms with Crippen molar-refractivity contribution < 1.29 is 34.1 Å². The molecule has 5 heterocycles. The zero-order chi connectivity index (χ0) is 34.2. The van der Waals surface area contributed by atoms with Crippen molar-refractivity contribution in [2.75, 3.05) is 6.54 Å². The summed E-state index contributed by atoms with van der Waals surface area (Å²) in [5.41, 5.74) is -0.106. The van der Waals surface area contributed by atoms with Gasteiger partial charge in [-0.1, -0.05) is 38.8 Å². The van der Waals surface area contributed by atoms with Crippen LogP contribution in [0.25, 0.3) is 21.7 Å². The maximum atomic E-state index is 14.3. The van der Waals surface area contributed by atoms with Crippen molar-refractivity contribution in [3.63, 3.8) is 0 Å². The fraction of sp³-hybridized carbons (Fsp3) is 0.545. The number of ether oxygens (including phenoxy) is 1. The van der Waals surface area contributed by atoms with E-state index < -0.39 is 53.5 Å². The highest BCUT2D eigenvalue weighted by Gasteiger charge is 2.61. The molecule has 3 amide bonds. The molecule has 2 fully saturated rings. The van der Waals surface area contributed by atoms with Crippen molar-refractivity contribution in [2.24, 2.45) is 18.9 Å². The van der Waals surface area contributed by atoms with Gasteiger partial charge in [-0.15, -0.1) is 11.3 Å². The van der Waals surface area contributed by atoms with Crippen molar-refractivity contribution in [3.05, 3.63) is 35.9 Å². The van der Waals surface area contributed by atoms with Crippen LogP contribution in [-0.2, 0) is 26.2 Å². The molecular formula is C33H41N7O7S. The summed E-state index contributed by atoms with van der Waals surface area (Å²) in [6.45, 7) is 3.41. The zero-order valence-corrected chi connectivity index (χ0v) is 28.0. The number of carbonyl (C=O) groups excluding carboxylic acids is 3. The Labute approximate surface area is 281 Å². The maximum Gasteiger partial charge on any atom is 0.330 e. The van der Waals surface area contributed by atoms with Gasteiger partial charge in [0.05, 0.1) is 12.1 Å². The number of aromatic nitrogens is 4. The number of nitrogens with zero attached hydrogens (tertiary/aromatic N) is 5.